The Morgan fingerprint density at radius 3 is 2.27 bits per heavy atom. The molecule has 0 saturated heterocycles. The largest absolute Gasteiger partial charge is 0.354 e. The topological polar surface area (TPSA) is 86.8 Å². The maximum atomic E-state index is 13.8. The lowest BCUT2D eigenvalue weighted by molar-refractivity contribution is -0.139. The van der Waals surface area contributed by atoms with E-state index in [0.29, 0.717) is 12.2 Å². The fraction of sp³-hybridized carbons (Fsp3) is 0.286. The molecule has 0 heterocycles. The molecule has 9 heteroatoms. The van der Waals surface area contributed by atoms with Crippen LogP contribution in [0.3, 0.4) is 0 Å². The van der Waals surface area contributed by atoms with Gasteiger partial charge in [0, 0.05) is 17.6 Å². The second-order valence-electron chi connectivity index (χ2n) is 8.78. The molecule has 1 atom stereocenters. The molecule has 3 aromatic rings. The Kier molecular flexibility index (Phi) is 9.88. The zero-order valence-corrected chi connectivity index (χ0v) is 23.6. The number of hydrogen-bond acceptors (Lipinski definition) is 4. The van der Waals surface area contributed by atoms with Gasteiger partial charge in [-0.3, -0.25) is 13.9 Å². The van der Waals surface area contributed by atoms with Gasteiger partial charge in [-0.2, -0.15) is 0 Å². The first-order chi connectivity index (χ1) is 17.6. The molecule has 0 aliphatic heterocycles. The third-order valence-electron chi connectivity index (χ3n) is 5.89. The van der Waals surface area contributed by atoms with Crippen LogP contribution in [0, 0.1) is 6.92 Å². The quantitative estimate of drug-likeness (QED) is 0.347. The van der Waals surface area contributed by atoms with Crippen LogP contribution in [0.1, 0.15) is 31.4 Å². The number of carbonyl (C=O) groups excluding carboxylic acids is 2. The standard InChI is InChI=1S/C28H32BrN3O4S/c1-4-17-30-28(34)22(3)31(19-23-9-8-10-24(29)18-23)27(33)20-32(25-15-13-21(2)14-16-25)37(35,36)26-11-6-5-7-12-26/h5-16,18,22H,4,17,19-20H2,1-3H3,(H,30,34). The van der Waals surface area contributed by atoms with Gasteiger partial charge in [-0.1, -0.05) is 70.9 Å². The first kappa shape index (κ1) is 28.4. The second kappa shape index (κ2) is 12.9. The van der Waals surface area contributed by atoms with Gasteiger partial charge >= 0.3 is 0 Å². The Labute approximate surface area is 227 Å². The van der Waals surface area contributed by atoms with Gasteiger partial charge in [0.25, 0.3) is 10.0 Å². The van der Waals surface area contributed by atoms with Crippen LogP contribution in [-0.4, -0.2) is 44.3 Å². The lowest BCUT2D eigenvalue weighted by Crippen LogP contribution is -2.51. The number of carbonyl (C=O) groups is 2. The average molecular weight is 587 g/mol. The predicted octanol–water partition coefficient (Wildman–Crippen LogP) is 4.90. The van der Waals surface area contributed by atoms with Crippen LogP contribution in [0.15, 0.2) is 88.2 Å². The number of amides is 2. The van der Waals surface area contributed by atoms with Crippen molar-refractivity contribution in [3.05, 3.63) is 94.5 Å². The van der Waals surface area contributed by atoms with Gasteiger partial charge in [0.05, 0.1) is 10.6 Å². The normalized spacial score (nSPS) is 12.0. The number of rotatable bonds is 11. The van der Waals surface area contributed by atoms with Crippen molar-refractivity contribution in [3.8, 4) is 0 Å². The monoisotopic (exact) mass is 585 g/mol. The number of nitrogens with one attached hydrogen (secondary N) is 1. The van der Waals surface area contributed by atoms with E-state index in [1.54, 1.807) is 49.4 Å². The summed E-state index contributed by atoms with van der Waals surface area (Å²) in [7, 11) is -4.06. The molecular formula is C28H32BrN3O4S. The lowest BCUT2D eigenvalue weighted by Gasteiger charge is -2.32. The fourth-order valence-electron chi connectivity index (χ4n) is 3.77. The molecular weight excluding hydrogens is 554 g/mol. The SMILES string of the molecule is CCCNC(=O)C(C)N(Cc1cccc(Br)c1)C(=O)CN(c1ccc(C)cc1)S(=O)(=O)c1ccccc1. The van der Waals surface area contributed by atoms with E-state index in [4.69, 9.17) is 0 Å². The van der Waals surface area contributed by atoms with Crippen molar-refractivity contribution in [2.45, 2.75) is 44.7 Å². The highest BCUT2D eigenvalue weighted by molar-refractivity contribution is 9.10. The molecule has 7 nitrogen and oxygen atoms in total. The van der Waals surface area contributed by atoms with Crippen molar-refractivity contribution in [2.24, 2.45) is 0 Å². The minimum Gasteiger partial charge on any atom is -0.354 e. The minimum atomic E-state index is -4.06. The Morgan fingerprint density at radius 1 is 0.973 bits per heavy atom. The van der Waals surface area contributed by atoms with Crippen LogP contribution in [0.2, 0.25) is 0 Å². The van der Waals surface area contributed by atoms with E-state index >= 15 is 0 Å². The molecule has 37 heavy (non-hydrogen) atoms. The lowest BCUT2D eigenvalue weighted by atomic mass is 10.1. The Balaban J connectivity index is 2.00. The number of hydrogen-bond donors (Lipinski definition) is 1. The molecule has 0 aromatic heterocycles. The van der Waals surface area contributed by atoms with Crippen LogP contribution >= 0.6 is 15.9 Å². The van der Waals surface area contributed by atoms with Crippen LogP contribution in [0.25, 0.3) is 0 Å². The van der Waals surface area contributed by atoms with Crippen molar-refractivity contribution < 1.29 is 18.0 Å². The summed E-state index contributed by atoms with van der Waals surface area (Å²) in [4.78, 5) is 28.2. The summed E-state index contributed by atoms with van der Waals surface area (Å²) in [6, 6.07) is 21.6. The first-order valence-corrected chi connectivity index (χ1v) is 14.3. The number of nitrogens with zero attached hydrogens (tertiary/aromatic N) is 2. The van der Waals surface area contributed by atoms with Crippen LogP contribution < -0.4 is 9.62 Å². The maximum absolute atomic E-state index is 13.8. The van der Waals surface area contributed by atoms with Crippen molar-refractivity contribution in [1.82, 2.24) is 10.2 Å². The highest BCUT2D eigenvalue weighted by Crippen LogP contribution is 2.25. The van der Waals surface area contributed by atoms with E-state index < -0.39 is 28.5 Å². The van der Waals surface area contributed by atoms with E-state index in [1.807, 2.05) is 38.1 Å². The van der Waals surface area contributed by atoms with Crippen LogP contribution in [0.4, 0.5) is 5.69 Å². The second-order valence-corrected chi connectivity index (χ2v) is 11.6. The molecule has 0 fully saturated rings. The molecule has 0 aliphatic rings. The Hall–Kier alpha value is -3.17. The zero-order valence-electron chi connectivity index (χ0n) is 21.2. The average Bonchev–Trinajstić information content (AvgIpc) is 2.89. The third kappa shape index (κ3) is 7.42. The molecule has 0 radical (unpaired) electrons. The van der Waals surface area contributed by atoms with Crippen molar-refractivity contribution in [2.75, 3.05) is 17.4 Å². The Morgan fingerprint density at radius 2 is 1.65 bits per heavy atom. The summed E-state index contributed by atoms with van der Waals surface area (Å²) >= 11 is 3.45. The number of aryl methyl sites for hydroxylation is 1. The molecule has 0 aliphatic carbocycles. The van der Waals surface area contributed by atoms with E-state index in [0.717, 1.165) is 26.3 Å². The summed E-state index contributed by atoms with van der Waals surface area (Å²) in [5.74, 6) is -0.780. The summed E-state index contributed by atoms with van der Waals surface area (Å²) in [6.07, 6.45) is 0.758. The molecule has 3 aromatic carbocycles. The van der Waals surface area contributed by atoms with E-state index in [2.05, 4.69) is 21.2 Å². The molecule has 0 bridgehead atoms. The zero-order chi connectivity index (χ0) is 27.0. The van der Waals surface area contributed by atoms with Gasteiger partial charge < -0.3 is 10.2 Å². The highest BCUT2D eigenvalue weighted by atomic mass is 79.9. The predicted molar refractivity (Wildman–Crippen MR) is 150 cm³/mol. The van der Waals surface area contributed by atoms with Gasteiger partial charge in [0.2, 0.25) is 11.8 Å². The van der Waals surface area contributed by atoms with Gasteiger partial charge in [-0.15, -0.1) is 0 Å². The summed E-state index contributed by atoms with van der Waals surface area (Å²) < 4.78 is 29.3. The smallest absolute Gasteiger partial charge is 0.264 e. The molecule has 1 N–H and O–H groups in total. The maximum Gasteiger partial charge on any atom is 0.264 e. The van der Waals surface area contributed by atoms with E-state index in [9.17, 15) is 18.0 Å². The highest BCUT2D eigenvalue weighted by Gasteiger charge is 2.32. The van der Waals surface area contributed by atoms with Crippen LogP contribution in [-0.2, 0) is 26.2 Å². The summed E-state index contributed by atoms with van der Waals surface area (Å²) in [5.41, 5.74) is 2.14. The Bertz CT molecular complexity index is 1310. The van der Waals surface area contributed by atoms with E-state index in [-0.39, 0.29) is 17.3 Å². The molecule has 3 rings (SSSR count). The van der Waals surface area contributed by atoms with Crippen molar-refractivity contribution in [3.63, 3.8) is 0 Å². The van der Waals surface area contributed by atoms with E-state index in [1.165, 1.54) is 17.0 Å². The first-order valence-electron chi connectivity index (χ1n) is 12.1. The van der Waals surface area contributed by atoms with Gasteiger partial charge in [0.15, 0.2) is 0 Å². The van der Waals surface area contributed by atoms with Gasteiger partial charge in [-0.25, -0.2) is 8.42 Å². The summed E-state index contributed by atoms with van der Waals surface area (Å²) in [5, 5.41) is 2.84. The van der Waals surface area contributed by atoms with Crippen molar-refractivity contribution in [1.29, 1.82) is 0 Å². The van der Waals surface area contributed by atoms with Gasteiger partial charge in [-0.05, 0) is 62.2 Å². The van der Waals surface area contributed by atoms with Gasteiger partial charge in [0.1, 0.15) is 12.6 Å². The molecule has 0 saturated carbocycles. The third-order valence-corrected chi connectivity index (χ3v) is 8.17. The van der Waals surface area contributed by atoms with Crippen LogP contribution in [0.5, 0.6) is 0 Å². The molecule has 0 spiro atoms. The molecule has 196 valence electrons. The number of benzene rings is 3. The fourth-order valence-corrected chi connectivity index (χ4v) is 5.65. The molecule has 1 unspecified atom stereocenters. The van der Waals surface area contributed by atoms with Crippen molar-refractivity contribution >= 4 is 43.5 Å². The number of sulfonamides is 1. The number of halogens is 1. The number of anilines is 1. The summed E-state index contributed by atoms with van der Waals surface area (Å²) in [6.45, 7) is 5.68. The molecule has 2 amide bonds. The minimum absolute atomic E-state index is 0.0793.